The Labute approximate surface area is 81.4 Å². The summed E-state index contributed by atoms with van der Waals surface area (Å²) in [6, 6.07) is 5.77. The van der Waals surface area contributed by atoms with E-state index >= 15 is 0 Å². The van der Waals surface area contributed by atoms with Gasteiger partial charge in [0.05, 0.1) is 17.3 Å². The summed E-state index contributed by atoms with van der Waals surface area (Å²) in [6.45, 7) is 0. The van der Waals surface area contributed by atoms with Gasteiger partial charge in [-0.3, -0.25) is 4.79 Å². The molecule has 2 aromatic heterocycles. The second-order valence-corrected chi connectivity index (χ2v) is 3.73. The van der Waals surface area contributed by atoms with E-state index in [0.29, 0.717) is 0 Å². The van der Waals surface area contributed by atoms with Crippen LogP contribution in [0.2, 0.25) is 0 Å². The van der Waals surface area contributed by atoms with Gasteiger partial charge in [0.2, 0.25) is 0 Å². The molecule has 14 heavy (non-hydrogen) atoms. The Morgan fingerprint density at radius 2 is 2.29 bits per heavy atom. The predicted octanol–water partition coefficient (Wildman–Crippen LogP) is 1.93. The van der Waals surface area contributed by atoms with Crippen LogP contribution in [0, 0.1) is 5.92 Å². The number of carbonyl (C=O) groups is 1. The van der Waals surface area contributed by atoms with Crippen LogP contribution in [0.1, 0.15) is 23.2 Å². The fourth-order valence-electron chi connectivity index (χ4n) is 1.69. The van der Waals surface area contributed by atoms with Crippen molar-refractivity contribution in [2.24, 2.45) is 5.92 Å². The van der Waals surface area contributed by atoms with Crippen molar-refractivity contribution in [2.45, 2.75) is 12.8 Å². The Morgan fingerprint density at radius 1 is 1.43 bits per heavy atom. The van der Waals surface area contributed by atoms with E-state index in [9.17, 15) is 4.79 Å². The van der Waals surface area contributed by atoms with Crippen molar-refractivity contribution in [1.29, 1.82) is 0 Å². The van der Waals surface area contributed by atoms with Crippen LogP contribution in [0.5, 0.6) is 0 Å². The summed E-state index contributed by atoms with van der Waals surface area (Å²) in [4.78, 5) is 11.8. The van der Waals surface area contributed by atoms with Gasteiger partial charge in [0, 0.05) is 12.1 Å². The van der Waals surface area contributed by atoms with E-state index in [2.05, 4.69) is 5.10 Å². The fourth-order valence-corrected chi connectivity index (χ4v) is 1.69. The van der Waals surface area contributed by atoms with E-state index in [4.69, 9.17) is 0 Å². The first-order valence-corrected chi connectivity index (χ1v) is 4.83. The van der Waals surface area contributed by atoms with Crippen LogP contribution < -0.4 is 0 Å². The summed E-state index contributed by atoms with van der Waals surface area (Å²) in [5, 5.41) is 4.15. The molecule has 0 saturated heterocycles. The maximum atomic E-state index is 11.8. The van der Waals surface area contributed by atoms with Crippen LogP contribution in [0.25, 0.3) is 5.52 Å². The van der Waals surface area contributed by atoms with Crippen molar-refractivity contribution in [3.8, 4) is 0 Å². The average Bonchev–Trinajstić information content (AvgIpc) is 2.97. The predicted molar refractivity (Wildman–Crippen MR) is 52.2 cm³/mol. The molecule has 2 heterocycles. The van der Waals surface area contributed by atoms with Gasteiger partial charge in [-0.1, -0.05) is 6.07 Å². The minimum Gasteiger partial charge on any atom is -0.294 e. The summed E-state index contributed by atoms with van der Waals surface area (Å²) in [5.74, 6) is 0.523. The van der Waals surface area contributed by atoms with E-state index in [1.54, 1.807) is 10.7 Å². The molecule has 1 aliphatic carbocycles. The molecule has 3 rings (SSSR count). The Balaban J connectivity index is 2.16. The molecular weight excluding hydrogens is 176 g/mol. The highest BCUT2D eigenvalue weighted by atomic mass is 16.1. The van der Waals surface area contributed by atoms with E-state index in [-0.39, 0.29) is 11.7 Å². The third kappa shape index (κ3) is 1.05. The number of rotatable bonds is 2. The monoisotopic (exact) mass is 186 g/mol. The topological polar surface area (TPSA) is 34.4 Å². The van der Waals surface area contributed by atoms with Crippen LogP contribution in [-0.4, -0.2) is 15.4 Å². The largest absolute Gasteiger partial charge is 0.294 e. The molecule has 3 heteroatoms. The first-order valence-electron chi connectivity index (χ1n) is 4.83. The summed E-state index contributed by atoms with van der Waals surface area (Å²) in [7, 11) is 0. The molecule has 3 nitrogen and oxygen atoms in total. The highest BCUT2D eigenvalue weighted by Gasteiger charge is 2.31. The number of nitrogens with zero attached hydrogens (tertiary/aromatic N) is 2. The minimum atomic E-state index is 0.256. The van der Waals surface area contributed by atoms with Gasteiger partial charge in [0.15, 0.2) is 5.78 Å². The molecule has 1 aliphatic rings. The Kier molecular flexibility index (Phi) is 1.48. The molecule has 1 fully saturated rings. The number of aromatic nitrogens is 2. The van der Waals surface area contributed by atoms with Gasteiger partial charge in [0.25, 0.3) is 0 Å². The Bertz CT molecular complexity index is 497. The highest BCUT2D eigenvalue weighted by Crippen LogP contribution is 2.33. The van der Waals surface area contributed by atoms with Gasteiger partial charge in [-0.2, -0.15) is 5.10 Å². The van der Waals surface area contributed by atoms with Gasteiger partial charge >= 0.3 is 0 Å². The molecule has 0 radical (unpaired) electrons. The molecule has 0 aromatic carbocycles. The SMILES string of the molecule is O=C(c1cnn2ccccc12)C1CC1. The quantitative estimate of drug-likeness (QED) is 0.671. The second kappa shape index (κ2) is 2.67. The van der Waals surface area contributed by atoms with E-state index < -0.39 is 0 Å². The number of pyridine rings is 1. The molecule has 70 valence electrons. The summed E-state index contributed by atoms with van der Waals surface area (Å²) >= 11 is 0. The molecule has 0 atom stereocenters. The van der Waals surface area contributed by atoms with Crippen molar-refractivity contribution < 1.29 is 4.79 Å². The van der Waals surface area contributed by atoms with Crippen molar-refractivity contribution in [3.63, 3.8) is 0 Å². The molecule has 0 unspecified atom stereocenters. The number of carbonyl (C=O) groups excluding carboxylic acids is 1. The third-order valence-corrected chi connectivity index (χ3v) is 2.64. The number of Topliss-reactive ketones (excluding diaryl/α,β-unsaturated/α-hetero) is 1. The lowest BCUT2D eigenvalue weighted by atomic mass is 10.1. The lowest BCUT2D eigenvalue weighted by molar-refractivity contribution is 0.0969. The normalized spacial score (nSPS) is 16.0. The van der Waals surface area contributed by atoms with Crippen LogP contribution in [0.15, 0.2) is 30.6 Å². The van der Waals surface area contributed by atoms with Crippen molar-refractivity contribution in [3.05, 3.63) is 36.2 Å². The van der Waals surface area contributed by atoms with Crippen LogP contribution in [0.4, 0.5) is 0 Å². The van der Waals surface area contributed by atoms with E-state index in [0.717, 1.165) is 23.9 Å². The molecule has 0 aliphatic heterocycles. The Hall–Kier alpha value is -1.64. The van der Waals surface area contributed by atoms with Gasteiger partial charge in [-0.05, 0) is 25.0 Å². The molecule has 0 amide bonds. The van der Waals surface area contributed by atoms with Crippen LogP contribution >= 0.6 is 0 Å². The zero-order valence-electron chi connectivity index (χ0n) is 7.68. The van der Waals surface area contributed by atoms with Crippen LogP contribution in [-0.2, 0) is 0 Å². The molecular formula is C11H10N2O. The maximum Gasteiger partial charge on any atom is 0.169 e. The van der Waals surface area contributed by atoms with Gasteiger partial charge in [-0.15, -0.1) is 0 Å². The molecule has 0 N–H and O–H groups in total. The summed E-state index contributed by atoms with van der Waals surface area (Å²) in [5.41, 5.74) is 1.69. The number of hydrogen-bond donors (Lipinski definition) is 0. The maximum absolute atomic E-state index is 11.8. The van der Waals surface area contributed by atoms with Crippen molar-refractivity contribution in [2.75, 3.05) is 0 Å². The molecule has 2 aromatic rings. The number of hydrogen-bond acceptors (Lipinski definition) is 2. The average molecular weight is 186 g/mol. The van der Waals surface area contributed by atoms with Gasteiger partial charge < -0.3 is 0 Å². The lowest BCUT2D eigenvalue weighted by Crippen LogP contribution is -2.00. The standard InChI is InChI=1S/C11H10N2O/c14-11(8-4-5-8)9-7-12-13-6-2-1-3-10(9)13/h1-3,6-8H,4-5H2. The van der Waals surface area contributed by atoms with Crippen molar-refractivity contribution in [1.82, 2.24) is 9.61 Å². The minimum absolute atomic E-state index is 0.256. The fraction of sp³-hybridized carbons (Fsp3) is 0.273. The number of ketones is 1. The molecule has 0 spiro atoms. The van der Waals surface area contributed by atoms with Gasteiger partial charge in [0.1, 0.15) is 0 Å². The second-order valence-electron chi connectivity index (χ2n) is 3.73. The molecule has 0 bridgehead atoms. The first kappa shape index (κ1) is 7.74. The number of fused-ring (bicyclic) bond motifs is 1. The first-order chi connectivity index (χ1) is 6.86. The van der Waals surface area contributed by atoms with E-state index in [1.807, 2.05) is 24.4 Å². The van der Waals surface area contributed by atoms with Crippen molar-refractivity contribution >= 4 is 11.3 Å². The third-order valence-electron chi connectivity index (χ3n) is 2.64. The Morgan fingerprint density at radius 3 is 3.07 bits per heavy atom. The highest BCUT2D eigenvalue weighted by molar-refractivity contribution is 6.04. The van der Waals surface area contributed by atoms with E-state index in [1.165, 1.54) is 0 Å². The zero-order valence-corrected chi connectivity index (χ0v) is 7.68. The summed E-state index contributed by atoms with van der Waals surface area (Å²) in [6.07, 6.45) is 5.63. The lowest BCUT2D eigenvalue weighted by Gasteiger charge is -1.95. The smallest absolute Gasteiger partial charge is 0.169 e. The zero-order chi connectivity index (χ0) is 9.54. The van der Waals surface area contributed by atoms with Crippen LogP contribution in [0.3, 0.4) is 0 Å². The molecule has 1 saturated carbocycles. The summed E-state index contributed by atoms with van der Waals surface area (Å²) < 4.78 is 1.75. The van der Waals surface area contributed by atoms with Gasteiger partial charge in [-0.25, -0.2) is 4.52 Å².